The van der Waals surface area contributed by atoms with Gasteiger partial charge in [-0.15, -0.1) is 0 Å². The van der Waals surface area contributed by atoms with E-state index in [1.165, 1.54) is 5.56 Å². The fourth-order valence-corrected chi connectivity index (χ4v) is 1.26. The minimum absolute atomic E-state index is 0.820. The quantitative estimate of drug-likeness (QED) is 0.795. The van der Waals surface area contributed by atoms with Crippen LogP contribution in [0, 0.1) is 0 Å². The van der Waals surface area contributed by atoms with Gasteiger partial charge in [0.2, 0.25) is 0 Å². The van der Waals surface area contributed by atoms with Gasteiger partial charge in [0.1, 0.15) is 0 Å². The Morgan fingerprint density at radius 1 is 1.77 bits per heavy atom. The van der Waals surface area contributed by atoms with Gasteiger partial charge >= 0.3 is 0 Å². The molecular formula is C9H14BrN3. The lowest BCUT2D eigenvalue weighted by Crippen LogP contribution is -2.18. The maximum atomic E-state index is 4.09. The van der Waals surface area contributed by atoms with E-state index in [4.69, 9.17) is 0 Å². The first-order valence-corrected chi connectivity index (χ1v) is 4.99. The highest BCUT2D eigenvalue weighted by Gasteiger charge is 1.95. The number of nitrogens with zero attached hydrogens (tertiary/aromatic N) is 2. The summed E-state index contributed by atoms with van der Waals surface area (Å²) in [6.45, 7) is 5.52. The van der Waals surface area contributed by atoms with Crippen molar-refractivity contribution in [2.24, 2.45) is 7.05 Å². The number of aryl methyl sites for hydroxylation is 1. The van der Waals surface area contributed by atoms with Gasteiger partial charge in [-0.3, -0.25) is 4.68 Å². The highest BCUT2D eigenvalue weighted by Crippen LogP contribution is 1.98. The molecule has 1 N–H and O–H groups in total. The molecule has 0 saturated heterocycles. The number of aromatic nitrogens is 2. The van der Waals surface area contributed by atoms with Gasteiger partial charge < -0.3 is 5.32 Å². The molecule has 0 aliphatic carbocycles. The summed E-state index contributed by atoms with van der Waals surface area (Å²) in [6, 6.07) is 0. The van der Waals surface area contributed by atoms with Crippen molar-refractivity contribution in [3.63, 3.8) is 0 Å². The Morgan fingerprint density at radius 3 is 3.08 bits per heavy atom. The summed E-state index contributed by atoms with van der Waals surface area (Å²) in [7, 11) is 1.93. The molecule has 3 nitrogen and oxygen atoms in total. The third kappa shape index (κ3) is 4.24. The van der Waals surface area contributed by atoms with Crippen LogP contribution < -0.4 is 5.32 Å². The van der Waals surface area contributed by atoms with Crippen molar-refractivity contribution in [2.75, 3.05) is 13.1 Å². The molecule has 1 heterocycles. The number of rotatable bonds is 5. The summed E-state index contributed by atoms with van der Waals surface area (Å²) in [4.78, 5) is 0. The second-order valence-corrected chi connectivity index (χ2v) is 4.09. The van der Waals surface area contributed by atoms with Crippen LogP contribution in [0.1, 0.15) is 5.56 Å². The zero-order chi connectivity index (χ0) is 9.68. The lowest BCUT2D eigenvalue weighted by atomic mass is 10.2. The predicted molar refractivity (Wildman–Crippen MR) is 57.8 cm³/mol. The van der Waals surface area contributed by atoms with E-state index in [1.54, 1.807) is 0 Å². The summed E-state index contributed by atoms with van der Waals surface area (Å²) < 4.78 is 2.80. The van der Waals surface area contributed by atoms with E-state index in [-0.39, 0.29) is 0 Å². The van der Waals surface area contributed by atoms with Crippen LogP contribution in [0.3, 0.4) is 0 Å². The van der Waals surface area contributed by atoms with Gasteiger partial charge in [0.25, 0.3) is 0 Å². The zero-order valence-corrected chi connectivity index (χ0v) is 9.34. The SMILES string of the molecule is C=C(Br)CNCCc1cnn(C)c1. The minimum atomic E-state index is 0.820. The molecule has 0 aliphatic heterocycles. The first-order chi connectivity index (χ1) is 6.18. The van der Waals surface area contributed by atoms with E-state index >= 15 is 0 Å². The van der Waals surface area contributed by atoms with Gasteiger partial charge in [-0.2, -0.15) is 5.10 Å². The molecule has 0 unspecified atom stereocenters. The molecule has 0 saturated carbocycles. The van der Waals surface area contributed by atoms with Gasteiger partial charge in [-0.1, -0.05) is 22.5 Å². The molecule has 0 aliphatic rings. The highest BCUT2D eigenvalue weighted by molar-refractivity contribution is 9.11. The van der Waals surface area contributed by atoms with Crippen molar-refractivity contribution in [3.05, 3.63) is 29.0 Å². The van der Waals surface area contributed by atoms with Crippen molar-refractivity contribution >= 4 is 15.9 Å². The molecule has 0 amide bonds. The van der Waals surface area contributed by atoms with Crippen LogP contribution in [0.5, 0.6) is 0 Å². The van der Waals surface area contributed by atoms with E-state index in [2.05, 4.69) is 32.9 Å². The van der Waals surface area contributed by atoms with Gasteiger partial charge in [-0.25, -0.2) is 0 Å². The molecule has 1 aromatic rings. The molecule has 0 spiro atoms. The van der Waals surface area contributed by atoms with E-state index in [1.807, 2.05) is 24.1 Å². The first kappa shape index (κ1) is 10.5. The molecule has 0 aromatic carbocycles. The van der Waals surface area contributed by atoms with Crippen LogP contribution in [0.2, 0.25) is 0 Å². The van der Waals surface area contributed by atoms with E-state index in [0.29, 0.717) is 0 Å². The number of hydrogen-bond donors (Lipinski definition) is 1. The van der Waals surface area contributed by atoms with E-state index in [9.17, 15) is 0 Å². The topological polar surface area (TPSA) is 29.9 Å². The fourth-order valence-electron chi connectivity index (χ4n) is 1.06. The van der Waals surface area contributed by atoms with Crippen LogP contribution >= 0.6 is 15.9 Å². The lowest BCUT2D eigenvalue weighted by molar-refractivity contribution is 0.739. The molecule has 0 radical (unpaired) electrons. The normalized spacial score (nSPS) is 10.3. The molecule has 1 rings (SSSR count). The maximum absolute atomic E-state index is 4.09. The van der Waals surface area contributed by atoms with Crippen LogP contribution in [0.25, 0.3) is 0 Å². The standard InChI is InChI=1S/C9H14BrN3/c1-8(10)5-11-4-3-9-6-12-13(2)7-9/h6-7,11H,1,3-5H2,2H3. The van der Waals surface area contributed by atoms with Crippen molar-refractivity contribution < 1.29 is 0 Å². The Bertz CT molecular complexity index is 280. The van der Waals surface area contributed by atoms with E-state index < -0.39 is 0 Å². The summed E-state index contributed by atoms with van der Waals surface area (Å²) >= 11 is 3.29. The maximum Gasteiger partial charge on any atom is 0.0522 e. The molecule has 0 bridgehead atoms. The Morgan fingerprint density at radius 2 is 2.54 bits per heavy atom. The Hall–Kier alpha value is -0.610. The number of halogens is 1. The predicted octanol–water partition coefficient (Wildman–Crippen LogP) is 1.46. The third-order valence-corrected chi connectivity index (χ3v) is 1.95. The van der Waals surface area contributed by atoms with Gasteiger partial charge in [0.15, 0.2) is 0 Å². The number of nitrogens with one attached hydrogen (secondary N) is 1. The van der Waals surface area contributed by atoms with Gasteiger partial charge in [0.05, 0.1) is 6.20 Å². The first-order valence-electron chi connectivity index (χ1n) is 4.20. The summed E-state index contributed by atoms with van der Waals surface area (Å²) in [5.41, 5.74) is 1.26. The molecule has 72 valence electrons. The smallest absolute Gasteiger partial charge is 0.0522 e. The lowest BCUT2D eigenvalue weighted by Gasteiger charge is -2.00. The van der Waals surface area contributed by atoms with Crippen molar-refractivity contribution in [1.82, 2.24) is 15.1 Å². The van der Waals surface area contributed by atoms with Crippen molar-refractivity contribution in [1.29, 1.82) is 0 Å². The summed E-state index contributed by atoms with van der Waals surface area (Å²) in [5.74, 6) is 0. The zero-order valence-electron chi connectivity index (χ0n) is 7.76. The molecule has 0 atom stereocenters. The minimum Gasteiger partial charge on any atom is -0.312 e. The van der Waals surface area contributed by atoms with Crippen LogP contribution in [0.15, 0.2) is 23.5 Å². The fraction of sp³-hybridized carbons (Fsp3) is 0.444. The van der Waals surface area contributed by atoms with Crippen LogP contribution in [-0.4, -0.2) is 22.9 Å². The van der Waals surface area contributed by atoms with Crippen molar-refractivity contribution in [3.8, 4) is 0 Å². The van der Waals surface area contributed by atoms with Crippen LogP contribution in [-0.2, 0) is 13.5 Å². The van der Waals surface area contributed by atoms with Gasteiger partial charge in [-0.05, 0) is 18.5 Å². The molecule has 13 heavy (non-hydrogen) atoms. The Balaban J connectivity index is 2.16. The molecule has 0 fully saturated rings. The molecular weight excluding hydrogens is 230 g/mol. The molecule has 4 heteroatoms. The monoisotopic (exact) mass is 243 g/mol. The average molecular weight is 244 g/mol. The van der Waals surface area contributed by atoms with Crippen LogP contribution in [0.4, 0.5) is 0 Å². The summed E-state index contributed by atoms with van der Waals surface area (Å²) in [5, 5.41) is 7.35. The Kier molecular flexibility index (Phi) is 4.18. The largest absolute Gasteiger partial charge is 0.312 e. The second-order valence-electron chi connectivity index (χ2n) is 2.97. The summed E-state index contributed by atoms with van der Waals surface area (Å²) in [6.07, 6.45) is 4.93. The van der Waals surface area contributed by atoms with Gasteiger partial charge in [0, 0.05) is 24.3 Å². The van der Waals surface area contributed by atoms with Crippen molar-refractivity contribution in [2.45, 2.75) is 6.42 Å². The second kappa shape index (κ2) is 5.19. The highest BCUT2D eigenvalue weighted by atomic mass is 79.9. The molecule has 1 aromatic heterocycles. The average Bonchev–Trinajstić information content (AvgIpc) is 2.45. The third-order valence-electron chi connectivity index (χ3n) is 1.67. The number of hydrogen-bond acceptors (Lipinski definition) is 2. The Labute approximate surface area is 87.0 Å². The van der Waals surface area contributed by atoms with E-state index in [0.717, 1.165) is 24.0 Å².